The summed E-state index contributed by atoms with van der Waals surface area (Å²) < 4.78 is 17.8. The van der Waals surface area contributed by atoms with Gasteiger partial charge in [-0.1, -0.05) is 0 Å². The summed E-state index contributed by atoms with van der Waals surface area (Å²) in [6.07, 6.45) is 3.29. The third-order valence-electron chi connectivity index (χ3n) is 2.36. The predicted octanol–water partition coefficient (Wildman–Crippen LogP) is 0.873. The number of methoxy groups -OCH3 is 1. The maximum atomic E-state index is 11.4. The Kier molecular flexibility index (Phi) is 7.73. The Hall–Kier alpha value is -0.890. The second-order valence-electron chi connectivity index (χ2n) is 3.85. The molecule has 1 heterocycles. The fourth-order valence-electron chi connectivity index (χ4n) is 1.38. The quantitative estimate of drug-likeness (QED) is 0.678. The Balaban J connectivity index is 2.18. The number of hydrogen-bond acceptors (Lipinski definition) is 5. The number of anilines is 1. The lowest BCUT2D eigenvalue weighted by Crippen LogP contribution is -2.16. The highest BCUT2D eigenvalue weighted by atomic mass is 79.9. The first kappa shape index (κ1) is 16.2. The molecule has 7 heteroatoms. The minimum absolute atomic E-state index is 0.191. The molecular formula is C12H19BrN2O4. The molecule has 0 radical (unpaired) electrons. The average Bonchev–Trinajstić information content (AvgIpc) is 2.39. The van der Waals surface area contributed by atoms with Crippen LogP contribution in [-0.2, 0) is 20.8 Å². The monoisotopic (exact) mass is 334 g/mol. The van der Waals surface area contributed by atoms with E-state index in [1.54, 1.807) is 19.5 Å². The molecule has 19 heavy (non-hydrogen) atoms. The molecule has 0 aliphatic carbocycles. The topological polar surface area (TPSA) is 75.7 Å². The van der Waals surface area contributed by atoms with Crippen molar-refractivity contribution in [1.29, 1.82) is 0 Å². The highest BCUT2D eigenvalue weighted by Gasteiger charge is 2.01. The van der Waals surface area contributed by atoms with Gasteiger partial charge in [0.15, 0.2) is 0 Å². The van der Waals surface area contributed by atoms with E-state index in [-0.39, 0.29) is 11.1 Å². The third-order valence-corrected chi connectivity index (χ3v) is 2.93. The van der Waals surface area contributed by atoms with Crippen molar-refractivity contribution >= 4 is 21.6 Å². The SMILES string of the molecule is COCCOCCOCCn1cc(N)c(=O)c(Br)c1. The van der Waals surface area contributed by atoms with Crippen LogP contribution in [0.3, 0.4) is 0 Å². The van der Waals surface area contributed by atoms with Crippen molar-refractivity contribution in [2.24, 2.45) is 0 Å². The molecule has 2 N–H and O–H groups in total. The van der Waals surface area contributed by atoms with Gasteiger partial charge in [-0.25, -0.2) is 0 Å². The van der Waals surface area contributed by atoms with Crippen LogP contribution in [-0.4, -0.2) is 44.7 Å². The van der Waals surface area contributed by atoms with Crippen LogP contribution in [0.2, 0.25) is 0 Å². The maximum absolute atomic E-state index is 11.4. The number of hydrogen-bond donors (Lipinski definition) is 1. The van der Waals surface area contributed by atoms with E-state index in [1.165, 1.54) is 0 Å². The van der Waals surface area contributed by atoms with Gasteiger partial charge in [0, 0.05) is 26.0 Å². The molecule has 108 valence electrons. The van der Waals surface area contributed by atoms with Gasteiger partial charge in [0.25, 0.3) is 0 Å². The predicted molar refractivity (Wildman–Crippen MR) is 76.3 cm³/mol. The molecule has 0 saturated heterocycles. The first-order chi connectivity index (χ1) is 9.15. The van der Waals surface area contributed by atoms with E-state index in [0.29, 0.717) is 44.1 Å². The van der Waals surface area contributed by atoms with E-state index >= 15 is 0 Å². The van der Waals surface area contributed by atoms with Crippen LogP contribution in [0.5, 0.6) is 0 Å². The average molecular weight is 335 g/mol. The highest BCUT2D eigenvalue weighted by molar-refractivity contribution is 9.10. The number of aromatic nitrogens is 1. The van der Waals surface area contributed by atoms with Gasteiger partial charge in [0.2, 0.25) is 5.43 Å². The van der Waals surface area contributed by atoms with Gasteiger partial charge >= 0.3 is 0 Å². The Labute approximate surface area is 120 Å². The van der Waals surface area contributed by atoms with Gasteiger partial charge in [-0.05, 0) is 15.9 Å². The van der Waals surface area contributed by atoms with Crippen molar-refractivity contribution in [1.82, 2.24) is 4.57 Å². The summed E-state index contributed by atoms with van der Waals surface area (Å²) in [5.74, 6) is 0. The zero-order valence-corrected chi connectivity index (χ0v) is 12.5. The molecule has 0 atom stereocenters. The van der Waals surface area contributed by atoms with Crippen molar-refractivity contribution in [2.75, 3.05) is 45.9 Å². The zero-order chi connectivity index (χ0) is 14.1. The molecule has 0 aliphatic rings. The van der Waals surface area contributed by atoms with Gasteiger partial charge in [0.05, 0.1) is 43.2 Å². The molecule has 1 aromatic heterocycles. The second-order valence-corrected chi connectivity index (χ2v) is 4.70. The number of rotatable bonds is 9. The molecule has 0 spiro atoms. The fourth-order valence-corrected chi connectivity index (χ4v) is 1.87. The van der Waals surface area contributed by atoms with Crippen LogP contribution < -0.4 is 11.2 Å². The van der Waals surface area contributed by atoms with Crippen LogP contribution in [0, 0.1) is 0 Å². The number of halogens is 1. The van der Waals surface area contributed by atoms with Crippen molar-refractivity contribution in [3.63, 3.8) is 0 Å². The Morgan fingerprint density at radius 3 is 2.42 bits per heavy atom. The largest absolute Gasteiger partial charge is 0.394 e. The van der Waals surface area contributed by atoms with E-state index < -0.39 is 0 Å². The van der Waals surface area contributed by atoms with Gasteiger partial charge < -0.3 is 24.5 Å². The van der Waals surface area contributed by atoms with Gasteiger partial charge in [0.1, 0.15) is 0 Å². The van der Waals surface area contributed by atoms with Crippen molar-refractivity contribution in [3.8, 4) is 0 Å². The zero-order valence-electron chi connectivity index (χ0n) is 10.9. The van der Waals surface area contributed by atoms with Crippen LogP contribution in [0.25, 0.3) is 0 Å². The van der Waals surface area contributed by atoms with Crippen LogP contribution in [0.15, 0.2) is 21.7 Å². The summed E-state index contributed by atoms with van der Waals surface area (Å²) in [5, 5.41) is 0. The fraction of sp³-hybridized carbons (Fsp3) is 0.583. The molecule has 0 aliphatic heterocycles. The molecule has 0 saturated carbocycles. The maximum Gasteiger partial charge on any atom is 0.218 e. The lowest BCUT2D eigenvalue weighted by Gasteiger charge is -2.09. The molecule has 1 rings (SSSR count). The second kappa shape index (κ2) is 9.08. The molecule has 0 fully saturated rings. The van der Waals surface area contributed by atoms with Gasteiger partial charge in [-0.2, -0.15) is 0 Å². The lowest BCUT2D eigenvalue weighted by molar-refractivity contribution is 0.0230. The van der Waals surface area contributed by atoms with E-state index in [0.717, 1.165) is 0 Å². The molecule has 0 bridgehead atoms. The Morgan fingerprint density at radius 2 is 1.79 bits per heavy atom. The van der Waals surface area contributed by atoms with E-state index in [2.05, 4.69) is 15.9 Å². The molecule has 0 unspecified atom stereocenters. The minimum Gasteiger partial charge on any atom is -0.394 e. The minimum atomic E-state index is -0.191. The Bertz CT molecular complexity index is 410. The summed E-state index contributed by atoms with van der Waals surface area (Å²) in [4.78, 5) is 11.4. The number of nitrogens with two attached hydrogens (primary N) is 1. The summed E-state index contributed by atoms with van der Waals surface area (Å²) in [6, 6.07) is 0. The molecule has 0 amide bonds. The summed E-state index contributed by atoms with van der Waals surface area (Å²) in [6.45, 7) is 3.39. The third kappa shape index (κ3) is 6.20. The van der Waals surface area contributed by atoms with Crippen molar-refractivity contribution < 1.29 is 14.2 Å². The van der Waals surface area contributed by atoms with Gasteiger partial charge in [-0.15, -0.1) is 0 Å². The smallest absolute Gasteiger partial charge is 0.218 e. The lowest BCUT2D eigenvalue weighted by atomic mass is 10.4. The number of pyridine rings is 1. The number of ether oxygens (including phenoxy) is 3. The highest BCUT2D eigenvalue weighted by Crippen LogP contribution is 2.05. The Morgan fingerprint density at radius 1 is 1.16 bits per heavy atom. The summed E-state index contributed by atoms with van der Waals surface area (Å²) >= 11 is 3.17. The molecule has 1 aromatic rings. The molecule has 0 aromatic carbocycles. The normalized spacial score (nSPS) is 10.8. The van der Waals surface area contributed by atoms with Crippen molar-refractivity contribution in [3.05, 3.63) is 27.1 Å². The summed E-state index contributed by atoms with van der Waals surface area (Å²) in [7, 11) is 1.63. The molecule has 6 nitrogen and oxygen atoms in total. The number of nitrogen functional groups attached to an aromatic ring is 1. The van der Waals surface area contributed by atoms with E-state index in [4.69, 9.17) is 19.9 Å². The van der Waals surface area contributed by atoms with Crippen LogP contribution in [0.1, 0.15) is 0 Å². The summed E-state index contributed by atoms with van der Waals surface area (Å²) in [5.41, 5.74) is 5.61. The van der Waals surface area contributed by atoms with Crippen molar-refractivity contribution in [2.45, 2.75) is 6.54 Å². The standard InChI is InChI=1S/C12H19BrN2O4/c1-17-4-5-19-7-6-18-3-2-15-8-10(13)12(16)11(14)9-15/h8-9H,2-7,14H2,1H3. The van der Waals surface area contributed by atoms with Gasteiger partial charge in [-0.3, -0.25) is 4.79 Å². The van der Waals surface area contributed by atoms with E-state index in [1.807, 2.05) is 4.57 Å². The molecular weight excluding hydrogens is 316 g/mol. The van der Waals surface area contributed by atoms with Crippen LogP contribution in [0.4, 0.5) is 5.69 Å². The first-order valence-electron chi connectivity index (χ1n) is 5.94. The number of nitrogens with zero attached hydrogens (tertiary/aromatic N) is 1. The first-order valence-corrected chi connectivity index (χ1v) is 6.74. The van der Waals surface area contributed by atoms with E-state index in [9.17, 15) is 4.79 Å². The van der Waals surface area contributed by atoms with Crippen LogP contribution >= 0.6 is 15.9 Å².